The predicted octanol–water partition coefficient (Wildman–Crippen LogP) is 1.69. The molecule has 0 fully saturated rings. The zero-order valence-electron chi connectivity index (χ0n) is 8.70. The van der Waals surface area contributed by atoms with Crippen LogP contribution >= 0.6 is 0 Å². The number of hydrogen-bond donors (Lipinski definition) is 1. The maximum absolute atomic E-state index is 11.1. The van der Waals surface area contributed by atoms with Gasteiger partial charge in [-0.05, 0) is 25.1 Å². The zero-order valence-corrected chi connectivity index (χ0v) is 8.70. The van der Waals surface area contributed by atoms with Gasteiger partial charge >= 0.3 is 5.69 Å². The minimum absolute atomic E-state index is 0.496. The highest BCUT2D eigenvalue weighted by Crippen LogP contribution is 2.17. The van der Waals surface area contributed by atoms with E-state index in [0.29, 0.717) is 10.6 Å². The Morgan fingerprint density at radius 3 is 2.71 bits per heavy atom. The SMILES string of the molecule is CNCc1ccc([N+](=O)OC)cc1C. The molecule has 76 valence electrons. The summed E-state index contributed by atoms with van der Waals surface area (Å²) in [5.41, 5.74) is 2.78. The van der Waals surface area contributed by atoms with Crippen molar-refractivity contribution in [2.75, 3.05) is 14.2 Å². The van der Waals surface area contributed by atoms with Gasteiger partial charge in [0.1, 0.15) is 0 Å². The fourth-order valence-electron chi connectivity index (χ4n) is 1.29. The molecular formula is C10H15N2O2+. The molecule has 0 aliphatic carbocycles. The van der Waals surface area contributed by atoms with Crippen molar-refractivity contribution in [3.63, 3.8) is 0 Å². The zero-order chi connectivity index (χ0) is 10.6. The molecular weight excluding hydrogens is 180 g/mol. The van der Waals surface area contributed by atoms with Crippen LogP contribution in [0.2, 0.25) is 0 Å². The summed E-state index contributed by atoms with van der Waals surface area (Å²) in [6.07, 6.45) is 0. The Balaban J connectivity index is 2.94. The van der Waals surface area contributed by atoms with Crippen LogP contribution in [0.3, 0.4) is 0 Å². The van der Waals surface area contributed by atoms with Gasteiger partial charge in [0.15, 0.2) is 7.11 Å². The standard InChI is InChI=1S/C10H15N2O2/c1-8-6-10(12(13)14-3)5-4-9(8)7-11-2/h4-6,11H,7H2,1-3H3/q+1. The number of aryl methyl sites for hydroxylation is 1. The van der Waals surface area contributed by atoms with Crippen LogP contribution in [0.25, 0.3) is 0 Å². The van der Waals surface area contributed by atoms with E-state index in [1.54, 1.807) is 6.07 Å². The largest absolute Gasteiger partial charge is 0.317 e. The smallest absolute Gasteiger partial charge is 0.316 e. The highest BCUT2D eigenvalue weighted by atomic mass is 16.8. The van der Waals surface area contributed by atoms with Crippen LogP contribution < -0.4 is 5.32 Å². The van der Waals surface area contributed by atoms with Gasteiger partial charge < -0.3 is 5.32 Å². The summed E-state index contributed by atoms with van der Waals surface area (Å²) in [4.78, 5) is 16.2. The van der Waals surface area contributed by atoms with Gasteiger partial charge in [0, 0.05) is 18.7 Å². The molecule has 4 nitrogen and oxygen atoms in total. The highest BCUT2D eigenvalue weighted by molar-refractivity contribution is 5.38. The molecule has 1 aromatic rings. The Bertz CT molecular complexity index is 337. The van der Waals surface area contributed by atoms with Crippen LogP contribution in [-0.4, -0.2) is 19.1 Å². The number of nitrogens with one attached hydrogen (secondary N) is 1. The van der Waals surface area contributed by atoms with Gasteiger partial charge in [-0.1, -0.05) is 6.07 Å². The molecule has 4 heteroatoms. The lowest BCUT2D eigenvalue weighted by Crippen LogP contribution is -2.07. The van der Waals surface area contributed by atoms with Gasteiger partial charge in [-0.3, -0.25) is 0 Å². The Morgan fingerprint density at radius 1 is 1.50 bits per heavy atom. The first-order valence-electron chi connectivity index (χ1n) is 4.44. The molecule has 1 aromatic carbocycles. The van der Waals surface area contributed by atoms with Crippen LogP contribution in [0.15, 0.2) is 18.2 Å². The van der Waals surface area contributed by atoms with Crippen molar-refractivity contribution in [3.8, 4) is 0 Å². The van der Waals surface area contributed by atoms with Crippen molar-refractivity contribution in [1.29, 1.82) is 0 Å². The normalized spacial score (nSPS) is 9.93. The molecule has 0 spiro atoms. The molecule has 0 aliphatic rings. The molecule has 0 amide bonds. The monoisotopic (exact) mass is 195 g/mol. The first kappa shape index (κ1) is 10.7. The average molecular weight is 195 g/mol. The van der Waals surface area contributed by atoms with Crippen molar-refractivity contribution < 1.29 is 9.76 Å². The third-order valence-electron chi connectivity index (χ3n) is 2.07. The number of hydrogen-bond acceptors (Lipinski definition) is 3. The van der Waals surface area contributed by atoms with E-state index in [2.05, 4.69) is 10.2 Å². The molecule has 0 saturated carbocycles. The minimum atomic E-state index is 0.496. The molecule has 0 atom stereocenters. The van der Waals surface area contributed by atoms with E-state index in [1.165, 1.54) is 12.7 Å². The lowest BCUT2D eigenvalue weighted by Gasteiger charge is -2.03. The molecule has 0 radical (unpaired) electrons. The minimum Gasteiger partial charge on any atom is -0.316 e. The number of benzene rings is 1. The molecule has 0 bridgehead atoms. The molecule has 0 heterocycles. The maximum Gasteiger partial charge on any atom is 0.317 e. The molecule has 14 heavy (non-hydrogen) atoms. The van der Waals surface area contributed by atoms with Gasteiger partial charge in [-0.2, -0.15) is 0 Å². The third-order valence-corrected chi connectivity index (χ3v) is 2.07. The Kier molecular flexibility index (Phi) is 3.59. The molecule has 1 N–H and O–H groups in total. The van der Waals surface area contributed by atoms with Crippen molar-refractivity contribution in [2.24, 2.45) is 0 Å². The van der Waals surface area contributed by atoms with E-state index < -0.39 is 0 Å². The second-order valence-corrected chi connectivity index (χ2v) is 3.08. The Labute approximate surface area is 83.4 Å². The second-order valence-electron chi connectivity index (χ2n) is 3.08. The predicted molar refractivity (Wildman–Crippen MR) is 54.2 cm³/mol. The third kappa shape index (κ3) is 2.29. The summed E-state index contributed by atoms with van der Waals surface area (Å²) in [6.45, 7) is 2.78. The first-order chi connectivity index (χ1) is 6.69. The van der Waals surface area contributed by atoms with Crippen LogP contribution in [-0.2, 0) is 11.4 Å². The van der Waals surface area contributed by atoms with Crippen LogP contribution in [0.5, 0.6) is 0 Å². The van der Waals surface area contributed by atoms with Gasteiger partial charge in [0.05, 0.1) is 4.91 Å². The van der Waals surface area contributed by atoms with E-state index in [0.717, 1.165) is 12.1 Å². The summed E-state index contributed by atoms with van der Waals surface area (Å²) in [5, 5.41) is 3.06. The lowest BCUT2D eigenvalue weighted by atomic mass is 10.1. The van der Waals surface area contributed by atoms with Crippen molar-refractivity contribution in [2.45, 2.75) is 13.5 Å². The van der Waals surface area contributed by atoms with E-state index in [1.807, 2.05) is 26.1 Å². The van der Waals surface area contributed by atoms with Crippen LogP contribution in [0.1, 0.15) is 11.1 Å². The maximum atomic E-state index is 11.1. The van der Waals surface area contributed by atoms with Crippen molar-refractivity contribution in [3.05, 3.63) is 34.2 Å². The summed E-state index contributed by atoms with van der Waals surface area (Å²) >= 11 is 0. The average Bonchev–Trinajstić information content (AvgIpc) is 2.20. The molecule has 0 aromatic heterocycles. The fraction of sp³-hybridized carbons (Fsp3) is 0.400. The highest BCUT2D eigenvalue weighted by Gasteiger charge is 2.14. The van der Waals surface area contributed by atoms with E-state index in [9.17, 15) is 4.91 Å². The van der Waals surface area contributed by atoms with E-state index in [4.69, 9.17) is 0 Å². The van der Waals surface area contributed by atoms with E-state index >= 15 is 0 Å². The number of rotatable bonds is 4. The molecule has 0 saturated heterocycles. The van der Waals surface area contributed by atoms with Gasteiger partial charge in [0.25, 0.3) is 4.92 Å². The fourth-order valence-corrected chi connectivity index (χ4v) is 1.29. The van der Waals surface area contributed by atoms with Crippen molar-refractivity contribution in [1.82, 2.24) is 5.32 Å². The van der Waals surface area contributed by atoms with Crippen molar-refractivity contribution >= 4 is 5.69 Å². The van der Waals surface area contributed by atoms with Gasteiger partial charge in [0.2, 0.25) is 0 Å². The van der Waals surface area contributed by atoms with Gasteiger partial charge in [-0.15, -0.1) is 0 Å². The first-order valence-corrected chi connectivity index (χ1v) is 4.44. The Hall–Kier alpha value is -1.42. The Morgan fingerprint density at radius 2 is 2.21 bits per heavy atom. The molecule has 1 rings (SSSR count). The molecule has 0 aliphatic heterocycles. The summed E-state index contributed by atoms with van der Waals surface area (Å²) in [7, 11) is 3.24. The summed E-state index contributed by atoms with van der Waals surface area (Å²) in [6, 6.07) is 5.48. The second kappa shape index (κ2) is 4.72. The quantitative estimate of drug-likeness (QED) is 0.743. The van der Waals surface area contributed by atoms with Gasteiger partial charge in [-0.25, -0.2) is 4.84 Å². The summed E-state index contributed by atoms with van der Waals surface area (Å²) in [5.74, 6) is 0. The number of nitrogens with zero attached hydrogens (tertiary/aromatic N) is 1. The topological polar surface area (TPSA) is 41.3 Å². The lowest BCUT2D eigenvalue weighted by molar-refractivity contribution is -0.736. The van der Waals surface area contributed by atoms with E-state index in [-0.39, 0.29) is 0 Å². The van der Waals surface area contributed by atoms with Crippen LogP contribution in [0.4, 0.5) is 5.69 Å². The summed E-state index contributed by atoms with van der Waals surface area (Å²) < 4.78 is 0. The molecule has 0 unspecified atom stereocenters. The van der Waals surface area contributed by atoms with Crippen LogP contribution in [0, 0.1) is 11.8 Å².